The van der Waals surface area contributed by atoms with Crippen molar-refractivity contribution in [3.63, 3.8) is 0 Å². The van der Waals surface area contributed by atoms with Gasteiger partial charge in [-0.1, -0.05) is 30.3 Å². The number of hydrogen-bond donors (Lipinski definition) is 2. The molecule has 31 heavy (non-hydrogen) atoms. The van der Waals surface area contributed by atoms with Crippen molar-refractivity contribution in [1.29, 1.82) is 0 Å². The summed E-state index contributed by atoms with van der Waals surface area (Å²) in [7, 11) is 0. The fraction of sp³-hybridized carbons (Fsp3) is 0.304. The molecule has 1 unspecified atom stereocenters. The van der Waals surface area contributed by atoms with Crippen molar-refractivity contribution in [3.05, 3.63) is 84.2 Å². The minimum atomic E-state index is -0.285. The zero-order chi connectivity index (χ0) is 20.6. The first-order valence-electron chi connectivity index (χ1n) is 10.2. The van der Waals surface area contributed by atoms with Crippen LogP contribution in [0.1, 0.15) is 17.7 Å². The normalized spacial score (nSPS) is 16.1. The molecule has 6 nitrogen and oxygen atoms in total. The molecule has 164 valence electrons. The fourth-order valence-electron chi connectivity index (χ4n) is 3.54. The first-order valence-corrected chi connectivity index (χ1v) is 10.2. The Balaban J connectivity index is 0.00000272. The predicted octanol–water partition coefficient (Wildman–Crippen LogP) is 3.99. The quantitative estimate of drug-likeness (QED) is 0.272. The number of rotatable bonds is 7. The number of aromatic nitrogens is 1. The van der Waals surface area contributed by atoms with E-state index < -0.39 is 0 Å². The van der Waals surface area contributed by atoms with Crippen LogP contribution in [0.25, 0.3) is 0 Å². The van der Waals surface area contributed by atoms with Crippen LogP contribution in [0, 0.1) is 5.82 Å². The van der Waals surface area contributed by atoms with E-state index in [1.165, 1.54) is 6.07 Å². The number of halogens is 2. The van der Waals surface area contributed by atoms with Crippen LogP contribution in [0.4, 0.5) is 10.2 Å². The number of aliphatic imine (C=N–C) groups is 1. The Kier molecular flexibility index (Phi) is 8.69. The number of benzene rings is 1. The van der Waals surface area contributed by atoms with Crippen LogP contribution in [-0.4, -0.2) is 36.6 Å². The Morgan fingerprint density at radius 2 is 2.03 bits per heavy atom. The van der Waals surface area contributed by atoms with Crippen molar-refractivity contribution in [2.75, 3.05) is 24.5 Å². The smallest absolute Gasteiger partial charge is 0.191 e. The Hall–Kier alpha value is -2.62. The van der Waals surface area contributed by atoms with Gasteiger partial charge in [0.1, 0.15) is 5.76 Å². The summed E-state index contributed by atoms with van der Waals surface area (Å²) < 4.78 is 19.5. The third-order valence-electron chi connectivity index (χ3n) is 5.07. The Bertz CT molecular complexity index is 952. The molecule has 1 aromatic carbocycles. The lowest BCUT2D eigenvalue weighted by molar-refractivity contribution is 0.506. The Morgan fingerprint density at radius 3 is 2.81 bits per heavy atom. The van der Waals surface area contributed by atoms with Gasteiger partial charge in [-0.3, -0.25) is 0 Å². The maximum atomic E-state index is 14.1. The number of anilines is 1. The fourth-order valence-corrected chi connectivity index (χ4v) is 3.54. The van der Waals surface area contributed by atoms with Crippen molar-refractivity contribution < 1.29 is 8.81 Å². The lowest BCUT2D eigenvalue weighted by Gasteiger charge is -2.20. The summed E-state index contributed by atoms with van der Waals surface area (Å²) in [5.74, 6) is 1.81. The molecule has 4 rings (SSSR count). The highest BCUT2D eigenvalue weighted by atomic mass is 127. The van der Waals surface area contributed by atoms with E-state index in [2.05, 4.69) is 27.8 Å². The number of nitrogens with one attached hydrogen (secondary N) is 2. The Labute approximate surface area is 199 Å². The highest BCUT2D eigenvalue weighted by molar-refractivity contribution is 14.0. The molecular formula is C23H27FIN5O. The van der Waals surface area contributed by atoms with Crippen molar-refractivity contribution >= 4 is 35.8 Å². The van der Waals surface area contributed by atoms with Crippen LogP contribution in [0.2, 0.25) is 0 Å². The molecule has 1 atom stereocenters. The van der Waals surface area contributed by atoms with Crippen LogP contribution in [0.5, 0.6) is 0 Å². The molecule has 1 saturated heterocycles. The molecule has 0 spiro atoms. The second kappa shape index (κ2) is 11.7. The summed E-state index contributed by atoms with van der Waals surface area (Å²) in [6.07, 6.45) is 4.97. The lowest BCUT2D eigenvalue weighted by Crippen LogP contribution is -2.45. The van der Waals surface area contributed by atoms with Gasteiger partial charge in [0, 0.05) is 38.3 Å². The molecule has 1 aliphatic heterocycles. The summed E-state index contributed by atoms with van der Waals surface area (Å²) in [4.78, 5) is 10.9. The van der Waals surface area contributed by atoms with Crippen LogP contribution >= 0.6 is 24.0 Å². The van der Waals surface area contributed by atoms with E-state index >= 15 is 0 Å². The minimum Gasteiger partial charge on any atom is -0.469 e. The van der Waals surface area contributed by atoms with Gasteiger partial charge in [-0.25, -0.2) is 14.4 Å². The van der Waals surface area contributed by atoms with E-state index in [0.717, 1.165) is 36.7 Å². The van der Waals surface area contributed by atoms with Gasteiger partial charge in [0.2, 0.25) is 0 Å². The molecule has 3 heterocycles. The summed E-state index contributed by atoms with van der Waals surface area (Å²) in [6, 6.07) is 17.2. The highest BCUT2D eigenvalue weighted by Crippen LogP contribution is 2.20. The first kappa shape index (κ1) is 23.1. The zero-order valence-electron chi connectivity index (χ0n) is 17.2. The van der Waals surface area contributed by atoms with Crippen LogP contribution < -0.4 is 15.5 Å². The SMILES string of the molecule is Fc1cccnc1N1CCC(NC(=NCc2ccccc2)NCCc2ccco2)C1.I. The number of furan rings is 1. The average molecular weight is 535 g/mol. The van der Waals surface area contributed by atoms with Gasteiger partial charge >= 0.3 is 0 Å². The van der Waals surface area contributed by atoms with Gasteiger partial charge in [-0.15, -0.1) is 24.0 Å². The third-order valence-corrected chi connectivity index (χ3v) is 5.07. The van der Waals surface area contributed by atoms with Crippen LogP contribution in [0.15, 0.2) is 76.5 Å². The molecule has 2 N–H and O–H groups in total. The second-order valence-corrected chi connectivity index (χ2v) is 7.29. The molecule has 0 amide bonds. The molecule has 0 bridgehead atoms. The Morgan fingerprint density at radius 1 is 1.16 bits per heavy atom. The van der Waals surface area contributed by atoms with Crippen molar-refractivity contribution in [2.45, 2.75) is 25.4 Å². The molecule has 0 radical (unpaired) electrons. The number of pyridine rings is 1. The zero-order valence-corrected chi connectivity index (χ0v) is 19.5. The van der Waals surface area contributed by atoms with Crippen molar-refractivity contribution in [2.24, 2.45) is 4.99 Å². The topological polar surface area (TPSA) is 65.7 Å². The van der Waals surface area contributed by atoms with Crippen molar-refractivity contribution in [1.82, 2.24) is 15.6 Å². The second-order valence-electron chi connectivity index (χ2n) is 7.29. The first-order chi connectivity index (χ1) is 14.8. The highest BCUT2D eigenvalue weighted by Gasteiger charge is 2.26. The van der Waals surface area contributed by atoms with Gasteiger partial charge in [0.25, 0.3) is 0 Å². The maximum absolute atomic E-state index is 14.1. The van der Waals surface area contributed by atoms with Crippen LogP contribution in [-0.2, 0) is 13.0 Å². The van der Waals surface area contributed by atoms with E-state index in [1.807, 2.05) is 35.2 Å². The van der Waals surface area contributed by atoms with Gasteiger partial charge in [0.05, 0.1) is 12.8 Å². The number of nitrogens with zero attached hydrogens (tertiary/aromatic N) is 3. The third kappa shape index (κ3) is 6.68. The van der Waals surface area contributed by atoms with Gasteiger partial charge < -0.3 is 20.0 Å². The van der Waals surface area contributed by atoms with E-state index in [0.29, 0.717) is 25.5 Å². The van der Waals surface area contributed by atoms with Crippen LogP contribution in [0.3, 0.4) is 0 Å². The minimum absolute atomic E-state index is 0. The lowest BCUT2D eigenvalue weighted by atomic mass is 10.2. The molecular weight excluding hydrogens is 508 g/mol. The standard InChI is InChI=1S/C23H26FN5O.HI/c24-21-9-4-12-25-22(21)29-14-11-19(17-29)28-23(26-13-10-20-8-5-15-30-20)27-16-18-6-2-1-3-7-18;/h1-9,12,15,19H,10-11,13-14,16-17H2,(H2,26,27,28);1H. The predicted molar refractivity (Wildman–Crippen MR) is 131 cm³/mol. The molecule has 3 aromatic rings. The van der Waals surface area contributed by atoms with Gasteiger partial charge in [-0.05, 0) is 36.2 Å². The molecule has 1 aliphatic rings. The van der Waals surface area contributed by atoms with Gasteiger partial charge in [-0.2, -0.15) is 0 Å². The summed E-state index contributed by atoms with van der Waals surface area (Å²) >= 11 is 0. The van der Waals surface area contributed by atoms with E-state index in [1.54, 1.807) is 18.5 Å². The monoisotopic (exact) mass is 535 g/mol. The molecule has 0 aliphatic carbocycles. The van der Waals surface area contributed by atoms with E-state index in [4.69, 9.17) is 9.41 Å². The average Bonchev–Trinajstić information content (AvgIpc) is 3.45. The molecule has 1 fully saturated rings. The van der Waals surface area contributed by atoms with E-state index in [-0.39, 0.29) is 35.8 Å². The number of guanidine groups is 1. The molecule has 0 saturated carbocycles. The molecule has 2 aromatic heterocycles. The van der Waals surface area contributed by atoms with E-state index in [9.17, 15) is 4.39 Å². The summed E-state index contributed by atoms with van der Waals surface area (Å²) in [5.41, 5.74) is 1.15. The largest absolute Gasteiger partial charge is 0.469 e. The summed E-state index contributed by atoms with van der Waals surface area (Å²) in [6.45, 7) is 2.73. The molecule has 8 heteroatoms. The van der Waals surface area contributed by atoms with Crippen molar-refractivity contribution in [3.8, 4) is 0 Å². The maximum Gasteiger partial charge on any atom is 0.191 e. The number of hydrogen-bond acceptors (Lipinski definition) is 4. The van der Waals surface area contributed by atoms with Gasteiger partial charge in [0.15, 0.2) is 17.6 Å². The summed E-state index contributed by atoms with van der Waals surface area (Å²) in [5, 5.41) is 6.89.